The van der Waals surface area contributed by atoms with Crippen molar-refractivity contribution in [3.8, 4) is 5.75 Å². The Hall–Kier alpha value is -2.81. The third-order valence-electron chi connectivity index (χ3n) is 5.66. The van der Waals surface area contributed by atoms with Gasteiger partial charge in [0, 0.05) is 25.3 Å². The predicted octanol–water partition coefficient (Wildman–Crippen LogP) is 1.51. The minimum atomic E-state index is -1.40. The molecule has 8 nitrogen and oxygen atoms in total. The highest BCUT2D eigenvalue weighted by Crippen LogP contribution is 2.46. The first kappa shape index (κ1) is 18.5. The van der Waals surface area contributed by atoms with Crippen molar-refractivity contribution in [2.45, 2.75) is 25.3 Å². The fourth-order valence-electron chi connectivity index (χ4n) is 4.15. The van der Waals surface area contributed by atoms with Gasteiger partial charge in [0.25, 0.3) is 0 Å². The summed E-state index contributed by atoms with van der Waals surface area (Å²) in [6.45, 7) is 1.89. The van der Waals surface area contributed by atoms with Gasteiger partial charge < -0.3 is 30.7 Å². The maximum absolute atomic E-state index is 15.2. The molecule has 1 aromatic carbocycles. The van der Waals surface area contributed by atoms with E-state index in [0.717, 1.165) is 25.8 Å². The van der Waals surface area contributed by atoms with E-state index < -0.39 is 28.5 Å². The summed E-state index contributed by atoms with van der Waals surface area (Å²) < 4.78 is 16.7. The number of hydrogen-bond acceptors (Lipinski definition) is 6. The van der Waals surface area contributed by atoms with Gasteiger partial charge in [0.15, 0.2) is 11.6 Å². The molecule has 0 spiro atoms. The van der Waals surface area contributed by atoms with Crippen LogP contribution in [0.4, 0.5) is 15.8 Å². The minimum Gasteiger partial charge on any atom is -0.504 e. The molecule has 9 heteroatoms. The lowest BCUT2D eigenvalue weighted by atomic mass is 10.1. The van der Waals surface area contributed by atoms with E-state index in [1.165, 1.54) is 6.20 Å². The number of nitrogens with zero attached hydrogens (tertiary/aromatic N) is 2. The summed E-state index contributed by atoms with van der Waals surface area (Å²) in [4.78, 5) is 25.9. The van der Waals surface area contributed by atoms with Gasteiger partial charge in [-0.2, -0.15) is 0 Å². The maximum atomic E-state index is 15.2. The van der Waals surface area contributed by atoms with Crippen LogP contribution in [0.15, 0.2) is 11.0 Å². The molecule has 5 N–H and O–H groups in total. The highest BCUT2D eigenvalue weighted by molar-refractivity contribution is 6.03. The number of nitrogens with two attached hydrogens (primary N) is 1. The highest BCUT2D eigenvalue weighted by atomic mass is 19.1. The van der Waals surface area contributed by atoms with Crippen LogP contribution in [0.5, 0.6) is 5.75 Å². The molecular formula is C19H23FN4O4. The average Bonchev–Trinajstić information content (AvgIpc) is 3.39. The van der Waals surface area contributed by atoms with Crippen LogP contribution in [0.25, 0.3) is 10.9 Å². The number of rotatable bonds is 5. The van der Waals surface area contributed by atoms with Crippen molar-refractivity contribution in [1.82, 2.24) is 9.88 Å². The van der Waals surface area contributed by atoms with E-state index in [0.29, 0.717) is 19.0 Å². The van der Waals surface area contributed by atoms with Gasteiger partial charge in [-0.05, 0) is 38.8 Å². The molecule has 1 atom stereocenters. The summed E-state index contributed by atoms with van der Waals surface area (Å²) in [7, 11) is 1.85. The van der Waals surface area contributed by atoms with Gasteiger partial charge in [-0.25, -0.2) is 9.18 Å². The molecular weight excluding hydrogens is 367 g/mol. The van der Waals surface area contributed by atoms with Gasteiger partial charge >= 0.3 is 5.97 Å². The van der Waals surface area contributed by atoms with Crippen LogP contribution >= 0.6 is 0 Å². The molecule has 28 heavy (non-hydrogen) atoms. The molecule has 1 saturated carbocycles. The second-order valence-electron chi connectivity index (χ2n) is 7.62. The Morgan fingerprint density at radius 1 is 1.39 bits per heavy atom. The predicted molar refractivity (Wildman–Crippen MR) is 104 cm³/mol. The summed E-state index contributed by atoms with van der Waals surface area (Å²) in [5.74, 6) is -2.33. The van der Waals surface area contributed by atoms with E-state index in [1.807, 2.05) is 7.05 Å². The summed E-state index contributed by atoms with van der Waals surface area (Å²) >= 11 is 0. The third-order valence-corrected chi connectivity index (χ3v) is 5.66. The lowest BCUT2D eigenvalue weighted by Gasteiger charge is -2.24. The number of carboxylic acid groups (broad SMARTS) is 1. The van der Waals surface area contributed by atoms with Crippen LogP contribution < -0.4 is 21.4 Å². The number of phenolic OH excluding ortho intramolecular Hbond substituents is 1. The van der Waals surface area contributed by atoms with Crippen LogP contribution in [-0.4, -0.2) is 47.4 Å². The Bertz CT molecular complexity index is 1030. The Morgan fingerprint density at radius 3 is 2.71 bits per heavy atom. The normalized spacial score (nSPS) is 19.5. The van der Waals surface area contributed by atoms with Crippen LogP contribution in [0.1, 0.15) is 35.7 Å². The number of aromatic carboxylic acids is 1. The van der Waals surface area contributed by atoms with E-state index in [1.54, 1.807) is 9.47 Å². The lowest BCUT2D eigenvalue weighted by Crippen LogP contribution is -2.26. The molecule has 0 amide bonds. The Morgan fingerprint density at radius 2 is 2.11 bits per heavy atom. The lowest BCUT2D eigenvalue weighted by molar-refractivity contribution is 0.0695. The smallest absolute Gasteiger partial charge is 0.341 e. The summed E-state index contributed by atoms with van der Waals surface area (Å²) in [5, 5.41) is 23.2. The molecule has 0 radical (unpaired) electrons. The van der Waals surface area contributed by atoms with E-state index in [4.69, 9.17) is 5.73 Å². The van der Waals surface area contributed by atoms with Gasteiger partial charge in [0.2, 0.25) is 5.43 Å². The fourth-order valence-corrected chi connectivity index (χ4v) is 4.15. The molecule has 2 aliphatic rings. The van der Waals surface area contributed by atoms with Crippen LogP contribution in [0.2, 0.25) is 0 Å². The van der Waals surface area contributed by atoms with Crippen molar-refractivity contribution < 1.29 is 19.4 Å². The Balaban J connectivity index is 1.97. The monoisotopic (exact) mass is 390 g/mol. The number of halogens is 1. The third kappa shape index (κ3) is 2.77. The molecule has 4 rings (SSSR count). The number of fused-ring (bicyclic) bond motifs is 1. The van der Waals surface area contributed by atoms with Gasteiger partial charge in [-0.15, -0.1) is 0 Å². The number of carbonyl (C=O) groups is 1. The molecule has 1 saturated heterocycles. The fraction of sp³-hybridized carbons (Fsp3) is 0.474. The van der Waals surface area contributed by atoms with Crippen LogP contribution in [0, 0.1) is 11.7 Å². The molecule has 2 heterocycles. The zero-order valence-corrected chi connectivity index (χ0v) is 15.5. The number of anilines is 2. The molecule has 0 bridgehead atoms. The highest BCUT2D eigenvalue weighted by Gasteiger charge is 2.34. The largest absolute Gasteiger partial charge is 0.504 e. The molecule has 1 unspecified atom stereocenters. The SMILES string of the molecule is CNCC1CCN(c2c(F)c(N)c3c(=O)c(C(=O)O)cn(C4CC4)c3c2O)C1. The second kappa shape index (κ2) is 6.66. The number of phenols is 1. The van der Waals surface area contributed by atoms with Crippen molar-refractivity contribution in [2.24, 2.45) is 5.92 Å². The maximum Gasteiger partial charge on any atom is 0.341 e. The van der Waals surface area contributed by atoms with Crippen LogP contribution in [0.3, 0.4) is 0 Å². The summed E-state index contributed by atoms with van der Waals surface area (Å²) in [6, 6.07) is -0.0413. The van der Waals surface area contributed by atoms with Crippen molar-refractivity contribution in [3.05, 3.63) is 27.8 Å². The zero-order chi connectivity index (χ0) is 20.2. The van der Waals surface area contributed by atoms with Crippen molar-refractivity contribution in [1.29, 1.82) is 0 Å². The van der Waals surface area contributed by atoms with Crippen molar-refractivity contribution in [3.63, 3.8) is 0 Å². The van der Waals surface area contributed by atoms with Gasteiger partial charge in [-0.1, -0.05) is 0 Å². The number of aromatic nitrogens is 1. The molecule has 2 aromatic rings. The molecule has 150 valence electrons. The Labute approximate surface area is 160 Å². The van der Waals surface area contributed by atoms with Gasteiger partial charge in [-0.3, -0.25) is 4.79 Å². The zero-order valence-electron chi connectivity index (χ0n) is 15.5. The van der Waals surface area contributed by atoms with Gasteiger partial charge in [0.1, 0.15) is 11.3 Å². The number of carboxylic acids is 1. The quantitative estimate of drug-likeness (QED) is 0.451. The topological polar surface area (TPSA) is 121 Å². The van der Waals surface area contributed by atoms with E-state index >= 15 is 4.39 Å². The van der Waals surface area contributed by atoms with E-state index in [9.17, 15) is 19.8 Å². The first-order valence-corrected chi connectivity index (χ1v) is 9.36. The molecule has 1 aromatic heterocycles. The first-order chi connectivity index (χ1) is 13.3. The summed E-state index contributed by atoms with van der Waals surface area (Å²) in [5.41, 5.74) is 4.30. The second-order valence-corrected chi connectivity index (χ2v) is 7.62. The number of pyridine rings is 1. The Kier molecular flexibility index (Phi) is 4.41. The molecule has 1 aliphatic heterocycles. The summed E-state index contributed by atoms with van der Waals surface area (Å²) in [6.07, 6.45) is 3.65. The number of benzene rings is 1. The minimum absolute atomic E-state index is 0.0134. The molecule has 2 fully saturated rings. The average molecular weight is 390 g/mol. The number of hydrogen-bond donors (Lipinski definition) is 4. The number of nitrogen functional groups attached to an aromatic ring is 1. The number of aromatic hydroxyl groups is 1. The number of nitrogens with one attached hydrogen (secondary N) is 1. The van der Waals surface area contributed by atoms with Crippen LogP contribution in [-0.2, 0) is 0 Å². The standard InChI is InChI=1S/C19H23FN4O4/c1-22-6-9-4-5-23(7-9)16-13(20)14(21)12-15(18(16)26)24(10-2-3-10)8-11(17(12)25)19(27)28/h8-10,22,26H,2-7,21H2,1H3,(H,27,28). The first-order valence-electron chi connectivity index (χ1n) is 9.36. The van der Waals surface area contributed by atoms with E-state index in [-0.39, 0.29) is 28.4 Å². The van der Waals surface area contributed by atoms with E-state index in [2.05, 4.69) is 5.32 Å². The van der Waals surface area contributed by atoms with Gasteiger partial charge in [0.05, 0.1) is 16.6 Å². The van der Waals surface area contributed by atoms with Crippen molar-refractivity contribution in [2.75, 3.05) is 37.3 Å². The van der Waals surface area contributed by atoms with Crippen molar-refractivity contribution >= 4 is 28.2 Å². The molecule has 1 aliphatic carbocycles.